The Bertz CT molecular complexity index is 802. The van der Waals surface area contributed by atoms with Gasteiger partial charge in [0.15, 0.2) is 12.4 Å². The van der Waals surface area contributed by atoms with Gasteiger partial charge in [0, 0.05) is 37.5 Å². The zero-order valence-electron chi connectivity index (χ0n) is 12.9. The minimum Gasteiger partial charge on any atom is -0.377 e. The third-order valence-corrected chi connectivity index (χ3v) is 3.81. The van der Waals surface area contributed by atoms with Gasteiger partial charge in [-0.05, 0) is 10.8 Å². The van der Waals surface area contributed by atoms with Crippen molar-refractivity contribution in [2.75, 3.05) is 19.0 Å². The first kappa shape index (κ1) is 14.3. The van der Waals surface area contributed by atoms with Crippen LogP contribution >= 0.6 is 0 Å². The Balaban J connectivity index is 1.87. The van der Waals surface area contributed by atoms with E-state index in [4.69, 9.17) is 0 Å². The molecule has 22 heavy (non-hydrogen) atoms. The van der Waals surface area contributed by atoms with E-state index in [0.717, 1.165) is 22.0 Å². The second-order valence-corrected chi connectivity index (χ2v) is 5.57. The Morgan fingerprint density at radius 3 is 2.36 bits per heavy atom. The molecule has 3 aromatic rings. The fourth-order valence-corrected chi connectivity index (χ4v) is 2.57. The van der Waals surface area contributed by atoms with Crippen LogP contribution in [0.2, 0.25) is 0 Å². The lowest BCUT2D eigenvalue weighted by molar-refractivity contribution is -0.683. The van der Waals surface area contributed by atoms with Gasteiger partial charge in [-0.25, -0.2) is 0 Å². The van der Waals surface area contributed by atoms with E-state index in [2.05, 4.69) is 0 Å². The lowest BCUT2D eigenvalue weighted by Gasteiger charge is -2.10. The number of ketones is 1. The first-order valence-electron chi connectivity index (χ1n) is 7.32. The fourth-order valence-electron chi connectivity index (χ4n) is 2.57. The van der Waals surface area contributed by atoms with Crippen LogP contribution in [-0.4, -0.2) is 19.9 Å². The number of fused-ring (bicyclic) bond motifs is 1. The molecule has 0 atom stereocenters. The second kappa shape index (κ2) is 5.98. The molecule has 0 unspecified atom stereocenters. The number of anilines is 1. The summed E-state index contributed by atoms with van der Waals surface area (Å²) in [7, 11) is 4.00. The average Bonchev–Trinajstić information content (AvgIpc) is 2.54. The molecule has 0 aliphatic heterocycles. The molecule has 110 valence electrons. The van der Waals surface area contributed by atoms with Crippen molar-refractivity contribution < 1.29 is 9.36 Å². The Kier molecular flexibility index (Phi) is 3.88. The van der Waals surface area contributed by atoms with Crippen molar-refractivity contribution in [3.05, 3.63) is 72.6 Å². The van der Waals surface area contributed by atoms with Crippen LogP contribution in [0.3, 0.4) is 0 Å². The summed E-state index contributed by atoms with van der Waals surface area (Å²) in [5, 5.41) is 2.11. The number of aromatic nitrogens is 1. The van der Waals surface area contributed by atoms with E-state index in [1.807, 2.05) is 90.6 Å². The van der Waals surface area contributed by atoms with Crippen LogP contribution in [0.4, 0.5) is 5.69 Å². The molecule has 1 heterocycles. The van der Waals surface area contributed by atoms with E-state index in [9.17, 15) is 4.79 Å². The van der Waals surface area contributed by atoms with E-state index in [1.165, 1.54) is 0 Å². The number of pyridine rings is 1. The maximum atomic E-state index is 12.6. The van der Waals surface area contributed by atoms with Crippen molar-refractivity contribution in [2.24, 2.45) is 0 Å². The number of carbonyl (C=O) groups excluding carboxylic acids is 1. The molecule has 3 nitrogen and oxygen atoms in total. The average molecular weight is 291 g/mol. The molecular formula is C19H19N2O+. The van der Waals surface area contributed by atoms with Crippen molar-refractivity contribution >= 4 is 22.2 Å². The number of hydrogen-bond acceptors (Lipinski definition) is 2. The highest BCUT2D eigenvalue weighted by atomic mass is 16.1. The quantitative estimate of drug-likeness (QED) is 0.545. The topological polar surface area (TPSA) is 24.2 Å². The van der Waals surface area contributed by atoms with Crippen molar-refractivity contribution in [1.29, 1.82) is 0 Å². The van der Waals surface area contributed by atoms with Crippen LogP contribution in [0, 0.1) is 0 Å². The van der Waals surface area contributed by atoms with Gasteiger partial charge in [-0.2, -0.15) is 4.57 Å². The molecule has 0 saturated carbocycles. The molecule has 0 bridgehead atoms. The molecular weight excluding hydrogens is 272 g/mol. The molecule has 0 aliphatic rings. The summed E-state index contributed by atoms with van der Waals surface area (Å²) in [6, 6.07) is 17.9. The summed E-state index contributed by atoms with van der Waals surface area (Å²) in [5.41, 5.74) is 1.90. The molecule has 0 amide bonds. The summed E-state index contributed by atoms with van der Waals surface area (Å²) in [5.74, 6) is 0.124. The standard InChI is InChI=1S/C19H19N2O/c1-20(2)16-10-12-21(13-11-16)14-19(22)18-9-5-7-15-6-3-4-8-17(15)18/h3-13H,14H2,1-2H3/q+1. The normalized spacial score (nSPS) is 10.6. The molecule has 3 heteroatoms. The summed E-state index contributed by atoms with van der Waals surface area (Å²) in [6.45, 7) is 0.349. The molecule has 0 saturated heterocycles. The predicted molar refractivity (Wildman–Crippen MR) is 89.2 cm³/mol. The van der Waals surface area contributed by atoms with Crippen molar-refractivity contribution in [3.63, 3.8) is 0 Å². The molecule has 2 aromatic carbocycles. The number of rotatable bonds is 4. The lowest BCUT2D eigenvalue weighted by atomic mass is 10.0. The van der Waals surface area contributed by atoms with E-state index in [-0.39, 0.29) is 5.78 Å². The molecule has 0 aliphatic carbocycles. The van der Waals surface area contributed by atoms with Gasteiger partial charge in [0.25, 0.3) is 0 Å². The van der Waals surface area contributed by atoms with Gasteiger partial charge in [0.1, 0.15) is 0 Å². The number of benzene rings is 2. The van der Waals surface area contributed by atoms with Crippen LogP contribution < -0.4 is 9.47 Å². The highest BCUT2D eigenvalue weighted by Crippen LogP contribution is 2.19. The zero-order valence-corrected chi connectivity index (χ0v) is 12.9. The Labute approximate surface area is 130 Å². The first-order valence-corrected chi connectivity index (χ1v) is 7.32. The van der Waals surface area contributed by atoms with Gasteiger partial charge >= 0.3 is 0 Å². The number of carbonyl (C=O) groups is 1. The van der Waals surface area contributed by atoms with Gasteiger partial charge in [-0.3, -0.25) is 4.79 Å². The summed E-state index contributed by atoms with van der Waals surface area (Å²) in [6.07, 6.45) is 3.89. The molecule has 0 radical (unpaired) electrons. The summed E-state index contributed by atoms with van der Waals surface area (Å²) >= 11 is 0. The number of hydrogen-bond donors (Lipinski definition) is 0. The van der Waals surface area contributed by atoms with Crippen LogP contribution in [-0.2, 0) is 6.54 Å². The minimum atomic E-state index is 0.124. The molecule has 0 N–H and O–H groups in total. The van der Waals surface area contributed by atoms with Crippen molar-refractivity contribution in [3.8, 4) is 0 Å². The van der Waals surface area contributed by atoms with Gasteiger partial charge in [0.05, 0.1) is 0 Å². The number of Topliss-reactive ketones (excluding diaryl/α,β-unsaturated/α-hetero) is 1. The maximum Gasteiger partial charge on any atom is 0.228 e. The third kappa shape index (κ3) is 2.84. The lowest BCUT2D eigenvalue weighted by Crippen LogP contribution is -2.37. The highest BCUT2D eigenvalue weighted by molar-refractivity contribution is 6.07. The molecule has 3 rings (SSSR count). The molecule has 0 fully saturated rings. The van der Waals surface area contributed by atoms with Gasteiger partial charge < -0.3 is 4.90 Å². The maximum absolute atomic E-state index is 12.6. The smallest absolute Gasteiger partial charge is 0.228 e. The molecule has 0 spiro atoms. The first-order chi connectivity index (χ1) is 10.6. The van der Waals surface area contributed by atoms with Crippen LogP contribution in [0.25, 0.3) is 10.8 Å². The van der Waals surface area contributed by atoms with Gasteiger partial charge in [0.2, 0.25) is 12.3 Å². The highest BCUT2D eigenvalue weighted by Gasteiger charge is 2.14. The fraction of sp³-hybridized carbons (Fsp3) is 0.158. The van der Waals surface area contributed by atoms with Gasteiger partial charge in [-0.15, -0.1) is 0 Å². The van der Waals surface area contributed by atoms with E-state index in [1.54, 1.807) is 0 Å². The SMILES string of the molecule is CN(C)c1cc[n+](CC(=O)c2cccc3ccccc23)cc1. The zero-order chi connectivity index (χ0) is 15.5. The largest absolute Gasteiger partial charge is 0.377 e. The van der Waals surface area contributed by atoms with Gasteiger partial charge in [-0.1, -0.05) is 42.5 Å². The van der Waals surface area contributed by atoms with E-state index < -0.39 is 0 Å². The number of nitrogens with zero attached hydrogens (tertiary/aromatic N) is 2. The van der Waals surface area contributed by atoms with Crippen molar-refractivity contribution in [2.45, 2.75) is 6.54 Å². The van der Waals surface area contributed by atoms with E-state index in [0.29, 0.717) is 6.54 Å². The van der Waals surface area contributed by atoms with Crippen LogP contribution in [0.5, 0.6) is 0 Å². The third-order valence-electron chi connectivity index (χ3n) is 3.81. The Morgan fingerprint density at radius 1 is 0.955 bits per heavy atom. The van der Waals surface area contributed by atoms with Crippen LogP contribution in [0.1, 0.15) is 10.4 Å². The molecule has 1 aromatic heterocycles. The Hall–Kier alpha value is -2.68. The van der Waals surface area contributed by atoms with Crippen LogP contribution in [0.15, 0.2) is 67.0 Å². The van der Waals surface area contributed by atoms with E-state index >= 15 is 0 Å². The Morgan fingerprint density at radius 2 is 1.64 bits per heavy atom. The predicted octanol–water partition coefficient (Wildman–Crippen LogP) is 3.08. The summed E-state index contributed by atoms with van der Waals surface area (Å²) < 4.78 is 1.91. The second-order valence-electron chi connectivity index (χ2n) is 5.57. The van der Waals surface area contributed by atoms with Crippen molar-refractivity contribution in [1.82, 2.24) is 0 Å². The monoisotopic (exact) mass is 291 g/mol. The minimum absolute atomic E-state index is 0.124. The summed E-state index contributed by atoms with van der Waals surface area (Å²) in [4.78, 5) is 14.7.